The van der Waals surface area contributed by atoms with Crippen molar-refractivity contribution in [3.05, 3.63) is 83.8 Å². The zero-order valence-electron chi connectivity index (χ0n) is 23.2. The number of fused-ring (bicyclic) bond motifs is 1. The van der Waals surface area contributed by atoms with Crippen molar-refractivity contribution < 1.29 is 14.3 Å². The second-order valence-electron chi connectivity index (χ2n) is 10.2. The summed E-state index contributed by atoms with van der Waals surface area (Å²) in [6.45, 7) is 6.20. The maximum Gasteiger partial charge on any atom is 0.324 e. The van der Waals surface area contributed by atoms with Gasteiger partial charge in [-0.15, -0.1) is 0 Å². The molecule has 2 amide bonds. The van der Waals surface area contributed by atoms with Crippen molar-refractivity contribution in [2.45, 2.75) is 36.1 Å². The molecule has 5 aromatic rings. The van der Waals surface area contributed by atoms with E-state index in [0.29, 0.717) is 28.0 Å². The predicted molar refractivity (Wildman–Crippen MR) is 163 cm³/mol. The van der Waals surface area contributed by atoms with E-state index in [0.717, 1.165) is 32.2 Å². The van der Waals surface area contributed by atoms with E-state index in [9.17, 15) is 4.79 Å². The average molecular weight is 589 g/mol. The number of hydrogen-bond donors (Lipinski definition) is 2. The highest BCUT2D eigenvalue weighted by Gasteiger charge is 2.22. The van der Waals surface area contributed by atoms with Crippen LogP contribution in [0.5, 0.6) is 11.5 Å². The molecule has 9 nitrogen and oxygen atoms in total. The van der Waals surface area contributed by atoms with Crippen LogP contribution in [0.2, 0.25) is 5.02 Å². The summed E-state index contributed by atoms with van der Waals surface area (Å²) in [5.41, 5.74) is 2.71. The highest BCUT2D eigenvalue weighted by Crippen LogP contribution is 2.37. The topological polar surface area (TPSA) is 103 Å². The molecule has 0 aliphatic heterocycles. The number of carbonyl (C=O) groups excluding carboxylic acids is 1. The number of hydrogen-bond acceptors (Lipinski definition) is 7. The summed E-state index contributed by atoms with van der Waals surface area (Å²) >= 11 is 7.68. The lowest BCUT2D eigenvalue weighted by Crippen LogP contribution is -2.21. The molecule has 0 saturated heterocycles. The first kappa shape index (κ1) is 28.3. The van der Waals surface area contributed by atoms with E-state index < -0.39 is 6.03 Å². The molecule has 3 aromatic carbocycles. The molecule has 0 aliphatic carbocycles. The van der Waals surface area contributed by atoms with E-state index in [1.54, 1.807) is 31.0 Å². The number of nitrogens with one attached hydrogen (secondary N) is 2. The zero-order chi connectivity index (χ0) is 29.1. The van der Waals surface area contributed by atoms with Crippen LogP contribution in [0.3, 0.4) is 0 Å². The van der Waals surface area contributed by atoms with Crippen LogP contribution in [0.1, 0.15) is 26.5 Å². The van der Waals surface area contributed by atoms with E-state index in [4.69, 9.17) is 26.2 Å². The fourth-order valence-electron chi connectivity index (χ4n) is 4.11. The SMILES string of the molecule is COc1cc2ncnc(Sc3cccc(NC(=O)Nc4cc(C(C)(C)C)nn4-c4cccc(Cl)c4)c3)c2cc1OC. The van der Waals surface area contributed by atoms with Crippen LogP contribution in [-0.4, -0.2) is 40.0 Å². The number of amides is 2. The first-order valence-corrected chi connectivity index (χ1v) is 13.9. The molecular weight excluding hydrogens is 560 g/mol. The number of benzene rings is 3. The summed E-state index contributed by atoms with van der Waals surface area (Å²) in [5.74, 6) is 1.71. The molecule has 0 saturated carbocycles. The number of nitrogens with zero attached hydrogens (tertiary/aromatic N) is 4. The Morgan fingerprint density at radius 2 is 1.68 bits per heavy atom. The quantitative estimate of drug-likeness (QED) is 0.189. The lowest BCUT2D eigenvalue weighted by Gasteiger charge is -2.14. The Balaban J connectivity index is 1.37. The third-order valence-corrected chi connectivity index (χ3v) is 7.43. The molecule has 2 aromatic heterocycles. The smallest absolute Gasteiger partial charge is 0.324 e. The van der Waals surface area contributed by atoms with Gasteiger partial charge in [0.1, 0.15) is 17.2 Å². The maximum absolute atomic E-state index is 13.1. The Labute approximate surface area is 247 Å². The zero-order valence-corrected chi connectivity index (χ0v) is 24.8. The van der Waals surface area contributed by atoms with Gasteiger partial charge in [0.15, 0.2) is 11.5 Å². The van der Waals surface area contributed by atoms with Crippen LogP contribution in [0.4, 0.5) is 16.3 Å². The summed E-state index contributed by atoms with van der Waals surface area (Å²) < 4.78 is 12.6. The summed E-state index contributed by atoms with van der Waals surface area (Å²) in [6.07, 6.45) is 1.51. The second kappa shape index (κ2) is 11.7. The summed E-state index contributed by atoms with van der Waals surface area (Å²) in [7, 11) is 3.18. The number of halogens is 1. The second-order valence-corrected chi connectivity index (χ2v) is 11.7. The van der Waals surface area contributed by atoms with Gasteiger partial charge in [0.05, 0.1) is 31.1 Å². The highest BCUT2D eigenvalue weighted by atomic mass is 35.5. The van der Waals surface area contributed by atoms with Gasteiger partial charge in [-0.2, -0.15) is 5.10 Å². The van der Waals surface area contributed by atoms with Gasteiger partial charge in [0.25, 0.3) is 0 Å². The van der Waals surface area contributed by atoms with Crippen molar-refractivity contribution in [1.29, 1.82) is 0 Å². The van der Waals surface area contributed by atoms with Crippen LogP contribution in [0, 0.1) is 0 Å². The van der Waals surface area contributed by atoms with E-state index in [1.807, 2.05) is 54.6 Å². The van der Waals surface area contributed by atoms with E-state index in [-0.39, 0.29) is 5.41 Å². The molecule has 210 valence electrons. The number of urea groups is 1. The Bertz CT molecular complexity index is 1730. The lowest BCUT2D eigenvalue weighted by molar-refractivity contribution is 0.262. The molecule has 0 atom stereocenters. The van der Waals surface area contributed by atoms with Crippen LogP contribution in [-0.2, 0) is 5.41 Å². The first-order valence-electron chi connectivity index (χ1n) is 12.7. The molecule has 0 bridgehead atoms. The third-order valence-electron chi connectivity index (χ3n) is 6.18. The van der Waals surface area contributed by atoms with Crippen molar-refractivity contribution in [3.63, 3.8) is 0 Å². The van der Waals surface area contributed by atoms with Gasteiger partial charge in [0, 0.05) is 38.5 Å². The molecule has 0 radical (unpaired) electrons. The van der Waals surface area contributed by atoms with Gasteiger partial charge in [-0.05, 0) is 42.5 Å². The van der Waals surface area contributed by atoms with E-state index in [1.165, 1.54) is 18.1 Å². The van der Waals surface area contributed by atoms with Crippen LogP contribution in [0.25, 0.3) is 16.6 Å². The molecule has 41 heavy (non-hydrogen) atoms. The summed E-state index contributed by atoms with van der Waals surface area (Å²) in [4.78, 5) is 22.9. The number of anilines is 2. The third kappa shape index (κ3) is 6.39. The molecule has 11 heteroatoms. The standard InChI is InChI=1S/C30H29ClN6O3S/c1-30(2,3)26-16-27(37(36-26)20-10-6-8-18(31)12-20)35-29(38)34-19-9-7-11-21(13-19)41-28-22-14-24(39-4)25(40-5)15-23(22)32-17-33-28/h6-17H,1-5H3,(H2,34,35,38). The number of rotatable bonds is 7. The fraction of sp³-hybridized carbons (Fsp3) is 0.200. The molecule has 0 spiro atoms. The van der Waals surface area contributed by atoms with Gasteiger partial charge in [0.2, 0.25) is 0 Å². The van der Waals surface area contributed by atoms with E-state index >= 15 is 0 Å². The van der Waals surface area contributed by atoms with Gasteiger partial charge >= 0.3 is 6.03 Å². The molecule has 2 heterocycles. The largest absolute Gasteiger partial charge is 0.493 e. The number of carbonyl (C=O) groups is 1. The van der Waals surface area contributed by atoms with Gasteiger partial charge in [-0.1, -0.05) is 56.3 Å². The highest BCUT2D eigenvalue weighted by molar-refractivity contribution is 7.99. The number of methoxy groups -OCH3 is 2. The lowest BCUT2D eigenvalue weighted by atomic mass is 9.92. The molecule has 0 fully saturated rings. The van der Waals surface area contributed by atoms with Crippen molar-refractivity contribution >= 4 is 51.8 Å². The van der Waals surface area contributed by atoms with Crippen molar-refractivity contribution in [1.82, 2.24) is 19.7 Å². The van der Waals surface area contributed by atoms with Gasteiger partial charge < -0.3 is 14.8 Å². The average Bonchev–Trinajstić information content (AvgIpc) is 3.37. The molecule has 5 rings (SSSR count). The Morgan fingerprint density at radius 1 is 0.927 bits per heavy atom. The normalized spacial score (nSPS) is 11.4. The summed E-state index contributed by atoms with van der Waals surface area (Å²) in [5, 5.41) is 12.8. The molecule has 2 N–H and O–H groups in total. The van der Waals surface area contributed by atoms with Crippen LogP contribution >= 0.6 is 23.4 Å². The van der Waals surface area contributed by atoms with Gasteiger partial charge in [-0.25, -0.2) is 19.4 Å². The molecular formula is C30H29ClN6O3S. The van der Waals surface area contributed by atoms with E-state index in [2.05, 4.69) is 41.4 Å². The Kier molecular flexibility index (Phi) is 8.05. The minimum Gasteiger partial charge on any atom is -0.493 e. The molecule has 0 aliphatic rings. The van der Waals surface area contributed by atoms with Crippen LogP contribution < -0.4 is 20.1 Å². The first-order chi connectivity index (χ1) is 19.6. The monoisotopic (exact) mass is 588 g/mol. The fourth-order valence-corrected chi connectivity index (χ4v) is 5.22. The van der Waals surface area contributed by atoms with Crippen LogP contribution in [0.15, 0.2) is 83.0 Å². The Morgan fingerprint density at radius 3 is 2.41 bits per heavy atom. The van der Waals surface area contributed by atoms with Gasteiger partial charge in [-0.3, -0.25) is 5.32 Å². The number of aromatic nitrogens is 4. The predicted octanol–water partition coefficient (Wildman–Crippen LogP) is 7.58. The molecule has 0 unspecified atom stereocenters. The van der Waals surface area contributed by atoms with Crippen molar-refractivity contribution in [2.75, 3.05) is 24.9 Å². The Hall–Kier alpha value is -4.28. The van der Waals surface area contributed by atoms with Crippen molar-refractivity contribution in [2.24, 2.45) is 0 Å². The minimum atomic E-state index is -0.403. The maximum atomic E-state index is 13.1. The number of ether oxygens (including phenoxy) is 2. The van der Waals surface area contributed by atoms with Crippen molar-refractivity contribution in [3.8, 4) is 17.2 Å². The summed E-state index contributed by atoms with van der Waals surface area (Å²) in [6, 6.07) is 20.0. The minimum absolute atomic E-state index is 0.220.